The molecule has 8 heteroatoms. The van der Waals surface area contributed by atoms with Gasteiger partial charge in [-0.25, -0.2) is 13.2 Å². The Kier molecular flexibility index (Phi) is 6.88. The van der Waals surface area contributed by atoms with E-state index in [0.717, 1.165) is 25.7 Å². The Morgan fingerprint density at radius 3 is 2.47 bits per heavy atom. The van der Waals surface area contributed by atoms with Crippen molar-refractivity contribution in [2.75, 3.05) is 24.6 Å². The molecule has 1 aliphatic heterocycles. The summed E-state index contributed by atoms with van der Waals surface area (Å²) in [6.45, 7) is 1.27. The number of sulfone groups is 1. The fourth-order valence-electron chi connectivity index (χ4n) is 1.98. The number of amides is 2. The van der Waals surface area contributed by atoms with E-state index in [9.17, 15) is 13.2 Å². The van der Waals surface area contributed by atoms with Gasteiger partial charge < -0.3 is 16.4 Å². The maximum Gasteiger partial charge on any atom is 0.315 e. The fraction of sp³-hybridized carbons (Fsp3) is 0.909. The van der Waals surface area contributed by atoms with Gasteiger partial charge in [0.05, 0.1) is 22.9 Å². The van der Waals surface area contributed by atoms with E-state index in [1.165, 1.54) is 0 Å². The Balaban J connectivity index is 2.14. The number of hydrogen-bond donors (Lipinski definition) is 3. The van der Waals surface area contributed by atoms with E-state index in [-0.39, 0.29) is 17.5 Å². The summed E-state index contributed by atoms with van der Waals surface area (Å²) in [5, 5.41) is 4.76. The second kappa shape index (κ2) is 7.91. The van der Waals surface area contributed by atoms with Gasteiger partial charge in [0, 0.05) is 6.54 Å². The van der Waals surface area contributed by atoms with Gasteiger partial charge in [-0.1, -0.05) is 12.8 Å². The van der Waals surface area contributed by atoms with Crippen LogP contribution in [0.2, 0.25) is 0 Å². The van der Waals surface area contributed by atoms with Crippen LogP contribution >= 0.6 is 11.6 Å². The number of hydrogen-bond acceptors (Lipinski definition) is 4. The van der Waals surface area contributed by atoms with Crippen molar-refractivity contribution in [3.05, 3.63) is 0 Å². The lowest BCUT2D eigenvalue weighted by molar-refractivity contribution is 0.238. The highest BCUT2D eigenvalue weighted by molar-refractivity contribution is 7.91. The van der Waals surface area contributed by atoms with Crippen molar-refractivity contribution in [3.63, 3.8) is 0 Å². The maximum absolute atomic E-state index is 11.5. The molecule has 0 saturated carbocycles. The molecule has 2 atom stereocenters. The molecule has 1 rings (SSSR count). The van der Waals surface area contributed by atoms with Crippen LogP contribution in [-0.2, 0) is 9.84 Å². The molecule has 1 heterocycles. The number of carbonyl (C=O) groups excluding carboxylic acids is 1. The molecule has 6 nitrogen and oxygen atoms in total. The molecule has 0 aromatic carbocycles. The summed E-state index contributed by atoms with van der Waals surface area (Å²) in [7, 11) is -3.11. The lowest BCUT2D eigenvalue weighted by atomic mass is 10.2. The molecule has 0 aliphatic carbocycles. The second-order valence-electron chi connectivity index (χ2n) is 4.80. The van der Waals surface area contributed by atoms with Crippen LogP contribution < -0.4 is 16.4 Å². The largest absolute Gasteiger partial charge is 0.338 e. The zero-order valence-electron chi connectivity index (χ0n) is 10.9. The van der Waals surface area contributed by atoms with Crippen molar-refractivity contribution in [3.8, 4) is 0 Å². The SMILES string of the molecule is NCCCCCCNC(=O)N[C@H]1CS(=O)(=O)C[C@@H]1Cl. The van der Waals surface area contributed by atoms with Gasteiger partial charge in [-0.05, 0) is 19.4 Å². The van der Waals surface area contributed by atoms with E-state index in [1.807, 2.05) is 0 Å². The van der Waals surface area contributed by atoms with Crippen molar-refractivity contribution in [1.82, 2.24) is 10.6 Å². The third-order valence-electron chi connectivity index (χ3n) is 3.02. The number of nitrogens with one attached hydrogen (secondary N) is 2. The first-order valence-electron chi connectivity index (χ1n) is 6.53. The maximum atomic E-state index is 11.5. The minimum atomic E-state index is -3.11. The average molecular weight is 312 g/mol. The molecule has 1 aliphatic rings. The van der Waals surface area contributed by atoms with Crippen molar-refractivity contribution in [2.24, 2.45) is 5.73 Å². The van der Waals surface area contributed by atoms with Gasteiger partial charge in [0.25, 0.3) is 0 Å². The number of halogens is 1. The molecule has 0 unspecified atom stereocenters. The number of carbonyl (C=O) groups is 1. The number of unbranched alkanes of at least 4 members (excludes halogenated alkanes) is 3. The zero-order chi connectivity index (χ0) is 14.3. The van der Waals surface area contributed by atoms with Gasteiger partial charge in [0.2, 0.25) is 0 Å². The second-order valence-corrected chi connectivity index (χ2v) is 7.52. The molecule has 1 saturated heterocycles. The molecule has 1 fully saturated rings. The highest BCUT2D eigenvalue weighted by atomic mass is 35.5. The molecule has 4 N–H and O–H groups in total. The van der Waals surface area contributed by atoms with Crippen molar-refractivity contribution >= 4 is 27.5 Å². The van der Waals surface area contributed by atoms with E-state index in [1.54, 1.807) is 0 Å². The summed E-state index contributed by atoms with van der Waals surface area (Å²) >= 11 is 5.89. The lowest BCUT2D eigenvalue weighted by Gasteiger charge is -2.14. The smallest absolute Gasteiger partial charge is 0.315 e. The molecular weight excluding hydrogens is 290 g/mol. The van der Waals surface area contributed by atoms with E-state index in [0.29, 0.717) is 13.1 Å². The molecule has 0 radical (unpaired) electrons. The topological polar surface area (TPSA) is 101 Å². The highest BCUT2D eigenvalue weighted by Gasteiger charge is 2.37. The van der Waals surface area contributed by atoms with Crippen LogP contribution in [0.5, 0.6) is 0 Å². The standard InChI is InChI=1S/C11H22ClN3O3S/c12-9-7-19(17,18)8-10(9)15-11(16)14-6-4-2-1-3-5-13/h9-10H,1-8,13H2,(H2,14,15,16)/t9-,10-/m0/s1. The Morgan fingerprint density at radius 2 is 1.89 bits per heavy atom. The van der Waals surface area contributed by atoms with Crippen molar-refractivity contribution < 1.29 is 13.2 Å². The predicted molar refractivity (Wildman–Crippen MR) is 76.1 cm³/mol. The Morgan fingerprint density at radius 1 is 1.21 bits per heavy atom. The van der Waals surface area contributed by atoms with E-state index in [4.69, 9.17) is 17.3 Å². The highest BCUT2D eigenvalue weighted by Crippen LogP contribution is 2.17. The molecule has 0 spiro atoms. The Hall–Kier alpha value is -0.530. The molecule has 2 amide bonds. The summed E-state index contributed by atoms with van der Waals surface area (Å²) < 4.78 is 22.7. The average Bonchev–Trinajstić information content (AvgIpc) is 2.56. The summed E-state index contributed by atoms with van der Waals surface area (Å²) in [5.74, 6) is -0.149. The predicted octanol–water partition coefficient (Wildman–Crippen LogP) is 0.209. The van der Waals surface area contributed by atoms with Crippen LogP contribution in [0, 0.1) is 0 Å². The van der Waals surface area contributed by atoms with Crippen LogP contribution in [0.15, 0.2) is 0 Å². The van der Waals surface area contributed by atoms with Gasteiger partial charge in [-0.15, -0.1) is 11.6 Å². The summed E-state index contributed by atoms with van der Waals surface area (Å²) in [6.07, 6.45) is 3.97. The van der Waals surface area contributed by atoms with Gasteiger partial charge in [-0.2, -0.15) is 0 Å². The van der Waals surface area contributed by atoms with Crippen molar-refractivity contribution in [2.45, 2.75) is 37.1 Å². The third-order valence-corrected chi connectivity index (χ3v) is 5.39. The van der Waals surface area contributed by atoms with Crippen LogP contribution in [0.1, 0.15) is 25.7 Å². The molecule has 0 aromatic rings. The summed E-state index contributed by atoms with van der Waals surface area (Å²) in [4.78, 5) is 11.5. The molecular formula is C11H22ClN3O3S. The van der Waals surface area contributed by atoms with Gasteiger partial charge in [0.15, 0.2) is 9.84 Å². The number of nitrogens with two attached hydrogens (primary N) is 1. The Bertz CT molecular complexity index is 389. The summed E-state index contributed by atoms with van der Waals surface area (Å²) in [6, 6.07) is -0.851. The number of rotatable bonds is 7. The lowest BCUT2D eigenvalue weighted by Crippen LogP contribution is -2.46. The minimum absolute atomic E-state index is 0.0708. The van der Waals surface area contributed by atoms with E-state index in [2.05, 4.69) is 10.6 Å². The zero-order valence-corrected chi connectivity index (χ0v) is 12.5. The fourth-order valence-corrected chi connectivity index (χ4v) is 4.53. The molecule has 0 aromatic heterocycles. The van der Waals surface area contributed by atoms with Crippen molar-refractivity contribution in [1.29, 1.82) is 0 Å². The first kappa shape index (κ1) is 16.5. The Labute approximate surface area is 119 Å². The molecule has 19 heavy (non-hydrogen) atoms. The molecule has 0 bridgehead atoms. The van der Waals surface area contributed by atoms with Crippen LogP contribution in [-0.4, -0.2) is 50.5 Å². The van der Waals surface area contributed by atoms with E-state index < -0.39 is 21.3 Å². The monoisotopic (exact) mass is 311 g/mol. The van der Waals surface area contributed by atoms with E-state index >= 15 is 0 Å². The first-order chi connectivity index (χ1) is 8.94. The third kappa shape index (κ3) is 6.44. The molecule has 112 valence electrons. The quantitative estimate of drug-likeness (QED) is 0.462. The number of urea groups is 1. The normalized spacial score (nSPS) is 25.2. The van der Waals surface area contributed by atoms with Crippen LogP contribution in [0.25, 0.3) is 0 Å². The van der Waals surface area contributed by atoms with Gasteiger partial charge >= 0.3 is 6.03 Å². The number of alkyl halides is 1. The minimum Gasteiger partial charge on any atom is -0.338 e. The van der Waals surface area contributed by atoms with Gasteiger partial charge in [0.1, 0.15) is 0 Å². The van der Waals surface area contributed by atoms with Gasteiger partial charge in [-0.3, -0.25) is 0 Å². The van der Waals surface area contributed by atoms with Crippen LogP contribution in [0.4, 0.5) is 4.79 Å². The summed E-state index contributed by atoms with van der Waals surface area (Å²) in [5.41, 5.74) is 5.38. The first-order valence-corrected chi connectivity index (χ1v) is 8.79. The van der Waals surface area contributed by atoms with Crippen LogP contribution in [0.3, 0.4) is 0 Å².